The monoisotopic (exact) mass is 329 g/mol. The van der Waals surface area contributed by atoms with Crippen molar-refractivity contribution in [2.75, 3.05) is 7.11 Å². The molecule has 0 saturated heterocycles. The van der Waals surface area contributed by atoms with Crippen LogP contribution < -0.4 is 5.32 Å². The third-order valence-electron chi connectivity index (χ3n) is 4.96. The van der Waals surface area contributed by atoms with Crippen molar-refractivity contribution >= 4 is 12.1 Å². The molecule has 1 amide bonds. The highest BCUT2D eigenvalue weighted by molar-refractivity contribution is 5.76. The first-order chi connectivity index (χ1) is 11.7. The molecule has 1 N–H and O–H groups in total. The molecule has 1 saturated carbocycles. The first-order valence-electron chi connectivity index (χ1n) is 8.42. The molecule has 0 radical (unpaired) electrons. The molecular formula is C19H23NO4. The van der Waals surface area contributed by atoms with Crippen molar-refractivity contribution in [3.05, 3.63) is 48.0 Å². The minimum atomic E-state index is -0.487. The number of hydrogen-bond acceptors (Lipinski definition) is 4. The summed E-state index contributed by atoms with van der Waals surface area (Å²) in [5, 5.41) is 2.91. The first-order valence-corrected chi connectivity index (χ1v) is 8.42. The first kappa shape index (κ1) is 16.6. The molecule has 1 aromatic rings. The molecule has 0 heterocycles. The normalized spacial score (nSPS) is 28.0. The Labute approximate surface area is 142 Å². The number of alkyl carbamates (subject to hydrolysis) is 1. The topological polar surface area (TPSA) is 64.6 Å². The Balaban J connectivity index is 1.66. The zero-order valence-corrected chi connectivity index (χ0v) is 13.8. The Morgan fingerprint density at radius 1 is 1.12 bits per heavy atom. The molecule has 128 valence electrons. The van der Waals surface area contributed by atoms with Crippen LogP contribution >= 0.6 is 0 Å². The molecule has 1 aromatic carbocycles. The molecule has 5 nitrogen and oxygen atoms in total. The van der Waals surface area contributed by atoms with Crippen molar-refractivity contribution in [2.45, 2.75) is 31.9 Å². The maximum Gasteiger partial charge on any atom is 0.407 e. The quantitative estimate of drug-likeness (QED) is 0.681. The lowest BCUT2D eigenvalue weighted by atomic mass is 9.76. The van der Waals surface area contributed by atoms with Crippen molar-refractivity contribution in [1.29, 1.82) is 0 Å². The highest BCUT2D eigenvalue weighted by atomic mass is 16.5. The molecule has 2 unspecified atom stereocenters. The molecule has 3 aliphatic carbocycles. The van der Waals surface area contributed by atoms with Gasteiger partial charge in [0, 0.05) is 0 Å². The van der Waals surface area contributed by atoms with Gasteiger partial charge < -0.3 is 14.8 Å². The number of ether oxygens (including phenoxy) is 2. The van der Waals surface area contributed by atoms with E-state index in [-0.39, 0.29) is 36.4 Å². The van der Waals surface area contributed by atoms with Crippen LogP contribution in [0.4, 0.5) is 4.79 Å². The average molecular weight is 329 g/mol. The number of carbonyl (C=O) groups excluding carboxylic acids is 2. The number of hydrogen-bond donors (Lipinski definition) is 1. The van der Waals surface area contributed by atoms with E-state index in [4.69, 9.17) is 9.47 Å². The van der Waals surface area contributed by atoms with Gasteiger partial charge in [-0.05, 0) is 30.2 Å². The van der Waals surface area contributed by atoms with Crippen molar-refractivity contribution in [2.24, 2.45) is 17.8 Å². The predicted molar refractivity (Wildman–Crippen MR) is 89.0 cm³/mol. The van der Waals surface area contributed by atoms with Crippen LogP contribution in [0, 0.1) is 17.8 Å². The van der Waals surface area contributed by atoms with Crippen LogP contribution in [-0.2, 0) is 20.9 Å². The number of carbonyl (C=O) groups is 2. The van der Waals surface area contributed by atoms with Gasteiger partial charge in [-0.3, -0.25) is 4.79 Å². The summed E-state index contributed by atoms with van der Waals surface area (Å²) in [5.41, 5.74) is 0.930. The number of rotatable bonds is 4. The van der Waals surface area contributed by atoms with Gasteiger partial charge in [-0.2, -0.15) is 0 Å². The third-order valence-corrected chi connectivity index (χ3v) is 4.96. The van der Waals surface area contributed by atoms with Crippen LogP contribution in [0.1, 0.15) is 24.8 Å². The molecule has 1 fully saturated rings. The molecule has 0 spiro atoms. The zero-order valence-electron chi connectivity index (χ0n) is 13.8. The standard InChI is InChI=1S/C19H23NO4/c1-23-18(21)16-14-8-5-9-15(11-10-14)17(16)20-19(22)24-12-13-6-3-2-4-7-13/h2-4,6-7,10-11,14-17H,5,8-9,12H2,1H3,(H,20,22)/t14?,15?,16-,17-/m0/s1. The lowest BCUT2D eigenvalue weighted by Gasteiger charge is -2.35. The fourth-order valence-electron chi connectivity index (χ4n) is 3.75. The van der Waals surface area contributed by atoms with Gasteiger partial charge in [0.15, 0.2) is 0 Å². The van der Waals surface area contributed by atoms with E-state index in [1.54, 1.807) is 0 Å². The van der Waals surface area contributed by atoms with Crippen LogP contribution in [0.25, 0.3) is 0 Å². The molecule has 5 heteroatoms. The maximum absolute atomic E-state index is 12.2. The van der Waals surface area contributed by atoms with Crippen molar-refractivity contribution in [3.63, 3.8) is 0 Å². The average Bonchev–Trinajstić information content (AvgIpc) is 2.94. The fraction of sp³-hybridized carbons (Fsp3) is 0.474. The van der Waals surface area contributed by atoms with Gasteiger partial charge in [-0.25, -0.2) is 4.79 Å². The van der Waals surface area contributed by atoms with E-state index >= 15 is 0 Å². The summed E-state index contributed by atoms with van der Waals surface area (Å²) < 4.78 is 10.3. The van der Waals surface area contributed by atoms with E-state index in [1.165, 1.54) is 7.11 Å². The summed E-state index contributed by atoms with van der Waals surface area (Å²) >= 11 is 0. The Morgan fingerprint density at radius 2 is 1.83 bits per heavy atom. The van der Waals surface area contributed by atoms with Crippen LogP contribution in [0.15, 0.2) is 42.5 Å². The van der Waals surface area contributed by atoms with Gasteiger partial charge in [0.2, 0.25) is 0 Å². The minimum absolute atomic E-state index is 0.121. The third kappa shape index (κ3) is 3.61. The van der Waals surface area contributed by atoms with Gasteiger partial charge in [0.1, 0.15) is 6.61 Å². The van der Waals surface area contributed by atoms with Crippen molar-refractivity contribution in [1.82, 2.24) is 5.32 Å². The Kier molecular flexibility index (Phi) is 5.18. The Morgan fingerprint density at radius 3 is 2.58 bits per heavy atom. The van der Waals surface area contributed by atoms with E-state index in [0.717, 1.165) is 24.8 Å². The molecule has 24 heavy (non-hydrogen) atoms. The molecule has 4 atom stereocenters. The van der Waals surface area contributed by atoms with E-state index in [2.05, 4.69) is 17.5 Å². The second-order valence-corrected chi connectivity index (χ2v) is 6.42. The minimum Gasteiger partial charge on any atom is -0.469 e. The summed E-state index contributed by atoms with van der Waals surface area (Å²) in [6.07, 6.45) is 6.70. The Hall–Kier alpha value is -2.30. The largest absolute Gasteiger partial charge is 0.469 e. The smallest absolute Gasteiger partial charge is 0.407 e. The SMILES string of the molecule is COC(=O)[C@H]1C2C=CC(CCC2)[C@@H]1NC(=O)OCc1ccccc1. The highest BCUT2D eigenvalue weighted by Crippen LogP contribution is 2.39. The van der Waals surface area contributed by atoms with Crippen LogP contribution in [0.3, 0.4) is 0 Å². The predicted octanol–water partition coefficient (Wildman–Crippen LogP) is 3.06. The van der Waals surface area contributed by atoms with E-state index < -0.39 is 6.09 Å². The van der Waals surface area contributed by atoms with Gasteiger partial charge in [0.25, 0.3) is 0 Å². The highest BCUT2D eigenvalue weighted by Gasteiger charge is 2.44. The number of allylic oxidation sites excluding steroid dienone is 1. The summed E-state index contributed by atoms with van der Waals surface area (Å²) in [6.45, 7) is 0.215. The Bertz CT molecular complexity index is 613. The van der Waals surface area contributed by atoms with Gasteiger partial charge in [0.05, 0.1) is 19.1 Å². The fourth-order valence-corrected chi connectivity index (χ4v) is 3.75. The maximum atomic E-state index is 12.2. The summed E-state index contributed by atoms with van der Waals surface area (Å²) in [6, 6.07) is 9.26. The number of benzene rings is 1. The summed E-state index contributed by atoms with van der Waals surface area (Å²) in [5.74, 6) is -0.325. The van der Waals surface area contributed by atoms with Gasteiger partial charge in [-0.15, -0.1) is 0 Å². The van der Waals surface area contributed by atoms with Crippen molar-refractivity contribution in [3.8, 4) is 0 Å². The van der Waals surface area contributed by atoms with Gasteiger partial charge in [-0.1, -0.05) is 48.9 Å². The van der Waals surface area contributed by atoms with E-state index in [0.29, 0.717) is 0 Å². The van der Waals surface area contributed by atoms with Crippen LogP contribution in [-0.4, -0.2) is 25.2 Å². The lowest BCUT2D eigenvalue weighted by Crippen LogP contribution is -2.51. The number of fused-ring (bicyclic) bond motifs is 3. The molecular weight excluding hydrogens is 306 g/mol. The second kappa shape index (κ2) is 7.51. The zero-order chi connectivity index (χ0) is 16.9. The number of methoxy groups -OCH3 is 1. The number of nitrogens with one attached hydrogen (secondary N) is 1. The van der Waals surface area contributed by atoms with Gasteiger partial charge >= 0.3 is 12.1 Å². The van der Waals surface area contributed by atoms with Crippen molar-refractivity contribution < 1.29 is 19.1 Å². The lowest BCUT2D eigenvalue weighted by molar-refractivity contribution is -0.148. The van der Waals surface area contributed by atoms with E-state index in [1.807, 2.05) is 30.3 Å². The molecule has 2 bridgehead atoms. The van der Waals surface area contributed by atoms with E-state index in [9.17, 15) is 9.59 Å². The number of amides is 1. The van der Waals surface area contributed by atoms with Crippen LogP contribution in [0.5, 0.6) is 0 Å². The molecule has 0 aliphatic heterocycles. The number of esters is 1. The second-order valence-electron chi connectivity index (χ2n) is 6.42. The van der Waals surface area contributed by atoms with Crippen LogP contribution in [0.2, 0.25) is 0 Å². The molecule has 0 aromatic heterocycles. The molecule has 3 aliphatic rings. The summed E-state index contributed by atoms with van der Waals surface area (Å²) in [4.78, 5) is 24.5. The summed E-state index contributed by atoms with van der Waals surface area (Å²) in [7, 11) is 1.40. The molecule has 4 rings (SSSR count).